The molecule has 0 bridgehead atoms. The number of aliphatic hydroxyl groups excluding tert-OH is 1. The summed E-state index contributed by atoms with van der Waals surface area (Å²) in [6, 6.07) is 6.44. The van der Waals surface area contributed by atoms with Crippen LogP contribution in [0.4, 0.5) is 13.2 Å². The molecule has 7 heteroatoms. The molecule has 1 aromatic rings. The standard InChI is InChI=1S/C12H13BrF3NO2/c13-10-3-1-2-9(6-10)11(19)7-17(4-5-18)8-12(14,15)16/h1-3,6,18H,4-5,7-8H2. The molecule has 0 saturated heterocycles. The zero-order chi connectivity index (χ0) is 14.5. The number of benzene rings is 1. The van der Waals surface area contributed by atoms with Crippen molar-refractivity contribution < 1.29 is 23.1 Å². The Kier molecular flexibility index (Phi) is 5.96. The minimum Gasteiger partial charge on any atom is -0.395 e. The lowest BCUT2D eigenvalue weighted by atomic mass is 10.1. The van der Waals surface area contributed by atoms with Gasteiger partial charge in [-0.25, -0.2) is 0 Å². The van der Waals surface area contributed by atoms with Gasteiger partial charge in [0.2, 0.25) is 0 Å². The summed E-state index contributed by atoms with van der Waals surface area (Å²) in [5.41, 5.74) is 0.333. The van der Waals surface area contributed by atoms with Crippen LogP contribution < -0.4 is 0 Å². The van der Waals surface area contributed by atoms with Gasteiger partial charge in [-0.2, -0.15) is 13.2 Å². The maximum atomic E-state index is 12.3. The number of halogens is 4. The van der Waals surface area contributed by atoms with E-state index in [2.05, 4.69) is 15.9 Å². The van der Waals surface area contributed by atoms with Gasteiger partial charge in [0.25, 0.3) is 0 Å². The monoisotopic (exact) mass is 339 g/mol. The van der Waals surface area contributed by atoms with E-state index in [4.69, 9.17) is 5.11 Å². The molecule has 0 unspecified atom stereocenters. The number of rotatable bonds is 6. The fourth-order valence-electron chi connectivity index (χ4n) is 1.57. The smallest absolute Gasteiger partial charge is 0.395 e. The predicted octanol–water partition coefficient (Wildman–Crippen LogP) is 2.49. The maximum absolute atomic E-state index is 12.3. The molecule has 0 saturated carbocycles. The van der Waals surface area contributed by atoms with Crippen molar-refractivity contribution in [2.75, 3.05) is 26.2 Å². The molecule has 0 fully saturated rings. The molecule has 3 nitrogen and oxygen atoms in total. The Morgan fingerprint density at radius 1 is 1.37 bits per heavy atom. The average Bonchev–Trinajstić information content (AvgIpc) is 2.27. The van der Waals surface area contributed by atoms with Gasteiger partial charge in [-0.15, -0.1) is 0 Å². The molecule has 0 aromatic heterocycles. The van der Waals surface area contributed by atoms with Gasteiger partial charge in [-0.3, -0.25) is 9.69 Å². The van der Waals surface area contributed by atoms with Crippen LogP contribution in [0.3, 0.4) is 0 Å². The van der Waals surface area contributed by atoms with Gasteiger partial charge in [0.15, 0.2) is 5.78 Å². The molecule has 19 heavy (non-hydrogen) atoms. The number of carbonyl (C=O) groups is 1. The molecule has 0 amide bonds. The molecule has 0 spiro atoms. The molecule has 1 rings (SSSR count). The first-order valence-electron chi connectivity index (χ1n) is 5.50. The molecule has 0 aliphatic heterocycles. The van der Waals surface area contributed by atoms with Crippen LogP contribution >= 0.6 is 15.9 Å². The van der Waals surface area contributed by atoms with Gasteiger partial charge < -0.3 is 5.11 Å². The van der Waals surface area contributed by atoms with E-state index in [1.54, 1.807) is 18.2 Å². The quantitative estimate of drug-likeness (QED) is 0.809. The molecule has 1 aromatic carbocycles. The van der Waals surface area contributed by atoms with Gasteiger partial charge in [-0.1, -0.05) is 28.1 Å². The van der Waals surface area contributed by atoms with E-state index in [0.717, 1.165) is 4.90 Å². The van der Waals surface area contributed by atoms with Gasteiger partial charge >= 0.3 is 6.18 Å². The van der Waals surface area contributed by atoms with Crippen LogP contribution in [-0.2, 0) is 0 Å². The molecule has 0 aliphatic carbocycles. The number of ketones is 1. The van der Waals surface area contributed by atoms with E-state index in [0.29, 0.717) is 10.0 Å². The van der Waals surface area contributed by atoms with Crippen molar-refractivity contribution in [2.45, 2.75) is 6.18 Å². The average molecular weight is 340 g/mol. The van der Waals surface area contributed by atoms with Crippen molar-refractivity contribution in [1.29, 1.82) is 0 Å². The fraction of sp³-hybridized carbons (Fsp3) is 0.417. The molecule has 0 atom stereocenters. The Bertz CT molecular complexity index is 437. The van der Waals surface area contributed by atoms with Crippen LogP contribution in [0.25, 0.3) is 0 Å². The molecule has 0 radical (unpaired) electrons. The van der Waals surface area contributed by atoms with Gasteiger partial charge in [0.1, 0.15) is 0 Å². The summed E-state index contributed by atoms with van der Waals surface area (Å²) in [4.78, 5) is 12.7. The Labute approximate surface area is 117 Å². The first-order chi connectivity index (χ1) is 8.81. The van der Waals surface area contributed by atoms with Crippen LogP contribution in [0.15, 0.2) is 28.7 Å². The fourth-order valence-corrected chi connectivity index (χ4v) is 1.96. The van der Waals surface area contributed by atoms with E-state index in [1.165, 1.54) is 6.07 Å². The van der Waals surface area contributed by atoms with Gasteiger partial charge in [0, 0.05) is 16.6 Å². The lowest BCUT2D eigenvalue weighted by molar-refractivity contribution is -0.145. The molecule has 0 aliphatic rings. The second-order valence-electron chi connectivity index (χ2n) is 3.98. The topological polar surface area (TPSA) is 40.5 Å². The second-order valence-corrected chi connectivity index (χ2v) is 4.90. The van der Waals surface area contributed by atoms with Crippen LogP contribution in [0, 0.1) is 0 Å². The van der Waals surface area contributed by atoms with Crippen molar-refractivity contribution in [2.24, 2.45) is 0 Å². The zero-order valence-electron chi connectivity index (χ0n) is 9.95. The Morgan fingerprint density at radius 2 is 2.05 bits per heavy atom. The van der Waals surface area contributed by atoms with Crippen molar-refractivity contribution in [3.05, 3.63) is 34.3 Å². The van der Waals surface area contributed by atoms with Crippen LogP contribution in [-0.4, -0.2) is 48.2 Å². The predicted molar refractivity (Wildman–Crippen MR) is 68.1 cm³/mol. The van der Waals surface area contributed by atoms with E-state index >= 15 is 0 Å². The third-order valence-corrected chi connectivity index (χ3v) is 2.83. The summed E-state index contributed by atoms with van der Waals surface area (Å²) in [6.07, 6.45) is -4.40. The summed E-state index contributed by atoms with van der Waals surface area (Å²) in [5.74, 6) is -0.418. The van der Waals surface area contributed by atoms with Crippen molar-refractivity contribution >= 4 is 21.7 Å². The first-order valence-corrected chi connectivity index (χ1v) is 6.30. The maximum Gasteiger partial charge on any atom is 0.401 e. The number of aliphatic hydroxyl groups is 1. The largest absolute Gasteiger partial charge is 0.401 e. The van der Waals surface area contributed by atoms with E-state index in [1.807, 2.05) is 0 Å². The summed E-state index contributed by atoms with van der Waals surface area (Å²) < 4.78 is 37.6. The lowest BCUT2D eigenvalue weighted by Gasteiger charge is -2.21. The van der Waals surface area contributed by atoms with Gasteiger partial charge in [-0.05, 0) is 12.1 Å². The third kappa shape index (κ3) is 6.17. The lowest BCUT2D eigenvalue weighted by Crippen LogP contribution is -2.39. The van der Waals surface area contributed by atoms with Gasteiger partial charge in [0.05, 0.1) is 19.7 Å². The third-order valence-electron chi connectivity index (χ3n) is 2.33. The highest BCUT2D eigenvalue weighted by Gasteiger charge is 2.31. The SMILES string of the molecule is O=C(CN(CCO)CC(F)(F)F)c1cccc(Br)c1. The Balaban J connectivity index is 2.71. The summed E-state index contributed by atoms with van der Waals surface area (Å²) >= 11 is 3.19. The molecular formula is C12H13BrF3NO2. The summed E-state index contributed by atoms with van der Waals surface area (Å²) in [6.45, 7) is -2.22. The highest BCUT2D eigenvalue weighted by molar-refractivity contribution is 9.10. The molecule has 0 heterocycles. The van der Waals surface area contributed by atoms with Crippen molar-refractivity contribution in [3.63, 3.8) is 0 Å². The number of carbonyl (C=O) groups excluding carboxylic acids is 1. The van der Waals surface area contributed by atoms with Crippen LogP contribution in [0.5, 0.6) is 0 Å². The Morgan fingerprint density at radius 3 is 2.58 bits per heavy atom. The van der Waals surface area contributed by atoms with Crippen molar-refractivity contribution in [1.82, 2.24) is 4.90 Å². The van der Waals surface area contributed by atoms with Crippen LogP contribution in [0.1, 0.15) is 10.4 Å². The van der Waals surface area contributed by atoms with Crippen molar-refractivity contribution in [3.8, 4) is 0 Å². The van der Waals surface area contributed by atoms with E-state index in [9.17, 15) is 18.0 Å². The first kappa shape index (κ1) is 16.1. The van der Waals surface area contributed by atoms with E-state index in [-0.39, 0.29) is 13.1 Å². The highest BCUT2D eigenvalue weighted by atomic mass is 79.9. The number of hydrogen-bond acceptors (Lipinski definition) is 3. The summed E-state index contributed by atoms with van der Waals surface area (Å²) in [7, 11) is 0. The number of nitrogens with zero attached hydrogens (tertiary/aromatic N) is 1. The number of Topliss-reactive ketones (excluding diaryl/α,β-unsaturated/α-hetero) is 1. The highest BCUT2D eigenvalue weighted by Crippen LogP contribution is 2.17. The second kappa shape index (κ2) is 7.02. The van der Waals surface area contributed by atoms with E-state index < -0.39 is 25.1 Å². The molecule has 106 valence electrons. The molecule has 1 N–H and O–H groups in total. The van der Waals surface area contributed by atoms with Crippen LogP contribution in [0.2, 0.25) is 0 Å². The summed E-state index contributed by atoms with van der Waals surface area (Å²) in [5, 5.41) is 8.73. The Hall–Kier alpha value is -0.920. The number of alkyl halides is 3. The zero-order valence-corrected chi connectivity index (χ0v) is 11.5. The normalized spacial score (nSPS) is 11.9. The minimum absolute atomic E-state index is 0.195. The number of hydrogen-bond donors (Lipinski definition) is 1. The molecular weight excluding hydrogens is 327 g/mol. The minimum atomic E-state index is -4.40.